The maximum absolute atomic E-state index is 6.00. The second-order valence-corrected chi connectivity index (χ2v) is 4.83. The summed E-state index contributed by atoms with van der Waals surface area (Å²) in [5.41, 5.74) is 8.91. The largest absolute Gasteiger partial charge is 0.395 e. The fraction of sp³-hybridized carbons (Fsp3) is 0.250. The second-order valence-electron chi connectivity index (χ2n) is 3.80. The molecule has 0 fully saturated rings. The lowest BCUT2D eigenvalue weighted by Gasteiger charge is -2.06. The van der Waals surface area contributed by atoms with Gasteiger partial charge in [0.15, 0.2) is 0 Å². The Morgan fingerprint density at radius 2 is 1.94 bits per heavy atom. The van der Waals surface area contributed by atoms with E-state index in [0.29, 0.717) is 0 Å². The maximum Gasteiger partial charge on any atom is 0.122 e. The van der Waals surface area contributed by atoms with Gasteiger partial charge < -0.3 is 5.73 Å². The highest BCUT2D eigenvalue weighted by Gasteiger charge is 2.12. The van der Waals surface area contributed by atoms with Crippen LogP contribution in [0.1, 0.15) is 11.3 Å². The fourth-order valence-corrected chi connectivity index (χ4v) is 2.56. The van der Waals surface area contributed by atoms with Crippen LogP contribution in [0.5, 0.6) is 0 Å². The van der Waals surface area contributed by atoms with Crippen LogP contribution in [0.15, 0.2) is 34.2 Å². The molecule has 1 heterocycles. The lowest BCUT2D eigenvalue weighted by atomic mass is 10.2. The zero-order chi connectivity index (χ0) is 11.7. The van der Waals surface area contributed by atoms with Gasteiger partial charge in [0.05, 0.1) is 11.4 Å². The number of nitrogens with two attached hydrogens (primary N) is 1. The van der Waals surface area contributed by atoms with E-state index in [0.717, 1.165) is 16.4 Å². The zero-order valence-electron chi connectivity index (χ0n) is 9.69. The summed E-state index contributed by atoms with van der Waals surface area (Å²) in [6.45, 7) is 4.03. The summed E-state index contributed by atoms with van der Waals surface area (Å²) < 4.78 is 1.84. The van der Waals surface area contributed by atoms with Crippen molar-refractivity contribution in [3.63, 3.8) is 0 Å². The molecule has 0 aliphatic heterocycles. The third kappa shape index (κ3) is 1.93. The van der Waals surface area contributed by atoms with E-state index in [-0.39, 0.29) is 0 Å². The van der Waals surface area contributed by atoms with E-state index in [1.54, 1.807) is 11.8 Å². The molecular weight excluding hydrogens is 218 g/mol. The van der Waals surface area contributed by atoms with Crippen LogP contribution in [0.4, 0.5) is 5.69 Å². The summed E-state index contributed by atoms with van der Waals surface area (Å²) in [4.78, 5) is 1.22. The molecule has 1 aromatic heterocycles. The van der Waals surface area contributed by atoms with Crippen LogP contribution in [0.2, 0.25) is 0 Å². The summed E-state index contributed by atoms with van der Waals surface area (Å²) >= 11 is 1.66. The van der Waals surface area contributed by atoms with Gasteiger partial charge in [0.25, 0.3) is 0 Å². The van der Waals surface area contributed by atoms with E-state index in [1.807, 2.05) is 30.8 Å². The number of nitrogen functional groups attached to an aromatic ring is 1. The minimum atomic E-state index is 0.774. The van der Waals surface area contributed by atoms with Crippen molar-refractivity contribution >= 4 is 17.4 Å². The van der Waals surface area contributed by atoms with Crippen molar-refractivity contribution in [2.45, 2.75) is 23.8 Å². The number of nitrogens with zero attached hydrogens (tertiary/aromatic N) is 2. The van der Waals surface area contributed by atoms with Gasteiger partial charge >= 0.3 is 0 Å². The van der Waals surface area contributed by atoms with E-state index in [4.69, 9.17) is 5.73 Å². The van der Waals surface area contributed by atoms with Gasteiger partial charge in [-0.25, -0.2) is 0 Å². The Morgan fingerprint density at radius 1 is 1.25 bits per heavy atom. The number of aryl methyl sites for hydroxylation is 3. The molecule has 0 aliphatic rings. The van der Waals surface area contributed by atoms with Crippen molar-refractivity contribution in [3.05, 3.63) is 35.5 Å². The predicted octanol–water partition coefficient (Wildman–Crippen LogP) is 2.77. The van der Waals surface area contributed by atoms with Crippen molar-refractivity contribution in [1.29, 1.82) is 0 Å². The molecule has 2 aromatic rings. The van der Waals surface area contributed by atoms with Gasteiger partial charge in [0.2, 0.25) is 0 Å². The Morgan fingerprint density at radius 3 is 2.50 bits per heavy atom. The van der Waals surface area contributed by atoms with E-state index in [2.05, 4.69) is 24.2 Å². The van der Waals surface area contributed by atoms with Crippen LogP contribution in [-0.4, -0.2) is 9.78 Å². The molecule has 0 saturated heterocycles. The van der Waals surface area contributed by atoms with Crippen molar-refractivity contribution in [2.24, 2.45) is 7.05 Å². The summed E-state index contributed by atoms with van der Waals surface area (Å²) in [5, 5.41) is 5.31. The molecule has 3 nitrogen and oxygen atoms in total. The van der Waals surface area contributed by atoms with Crippen molar-refractivity contribution < 1.29 is 0 Å². The molecule has 2 rings (SSSR count). The highest BCUT2D eigenvalue weighted by Crippen LogP contribution is 2.34. The quantitative estimate of drug-likeness (QED) is 0.867. The molecule has 0 amide bonds. The number of benzene rings is 1. The van der Waals surface area contributed by atoms with Crippen molar-refractivity contribution in [2.75, 3.05) is 5.73 Å². The summed E-state index contributed by atoms with van der Waals surface area (Å²) in [6, 6.07) is 8.27. The molecule has 2 N–H and O–H groups in total. The Hall–Kier alpha value is -1.42. The van der Waals surface area contributed by atoms with Gasteiger partial charge in [0, 0.05) is 11.9 Å². The van der Waals surface area contributed by atoms with E-state index >= 15 is 0 Å². The van der Waals surface area contributed by atoms with Crippen LogP contribution >= 0.6 is 11.8 Å². The van der Waals surface area contributed by atoms with Gasteiger partial charge in [-0.15, -0.1) is 0 Å². The van der Waals surface area contributed by atoms with Crippen LogP contribution in [-0.2, 0) is 7.05 Å². The van der Waals surface area contributed by atoms with Gasteiger partial charge in [-0.2, -0.15) is 5.10 Å². The van der Waals surface area contributed by atoms with Gasteiger partial charge in [-0.05, 0) is 25.5 Å². The molecule has 84 valence electrons. The first-order valence-corrected chi connectivity index (χ1v) is 5.94. The first-order chi connectivity index (χ1) is 7.59. The SMILES string of the molecule is Cc1ccccc1Sc1c(N)c(C)nn1C. The number of anilines is 1. The Balaban J connectivity index is 2.38. The van der Waals surface area contributed by atoms with Gasteiger partial charge in [-0.1, -0.05) is 30.0 Å². The highest BCUT2D eigenvalue weighted by molar-refractivity contribution is 7.99. The minimum absolute atomic E-state index is 0.774. The minimum Gasteiger partial charge on any atom is -0.395 e. The monoisotopic (exact) mass is 233 g/mol. The average molecular weight is 233 g/mol. The Bertz CT molecular complexity index is 517. The molecular formula is C12H15N3S. The molecule has 0 spiro atoms. The first-order valence-electron chi connectivity index (χ1n) is 5.12. The summed E-state index contributed by atoms with van der Waals surface area (Å²) in [7, 11) is 1.92. The van der Waals surface area contributed by atoms with Gasteiger partial charge in [-0.3, -0.25) is 4.68 Å². The maximum atomic E-state index is 6.00. The lowest BCUT2D eigenvalue weighted by molar-refractivity contribution is 0.693. The fourth-order valence-electron chi connectivity index (χ4n) is 1.55. The van der Waals surface area contributed by atoms with Crippen LogP contribution in [0.3, 0.4) is 0 Å². The highest BCUT2D eigenvalue weighted by atomic mass is 32.2. The van der Waals surface area contributed by atoms with E-state index in [9.17, 15) is 0 Å². The average Bonchev–Trinajstić information content (AvgIpc) is 2.48. The molecule has 16 heavy (non-hydrogen) atoms. The van der Waals surface area contributed by atoms with Crippen LogP contribution in [0.25, 0.3) is 0 Å². The Labute approximate surface area is 99.7 Å². The third-order valence-electron chi connectivity index (χ3n) is 2.51. The normalized spacial score (nSPS) is 10.7. The van der Waals surface area contributed by atoms with Gasteiger partial charge in [0.1, 0.15) is 5.03 Å². The molecule has 0 atom stereocenters. The predicted molar refractivity (Wildman–Crippen MR) is 67.7 cm³/mol. The molecule has 1 aromatic carbocycles. The lowest BCUT2D eigenvalue weighted by Crippen LogP contribution is -1.94. The standard InChI is InChI=1S/C12H15N3S/c1-8-6-4-5-7-10(8)16-12-11(13)9(2)14-15(12)3/h4-7H,13H2,1-3H3. The number of rotatable bonds is 2. The summed E-state index contributed by atoms with van der Waals surface area (Å²) in [6.07, 6.45) is 0. The topological polar surface area (TPSA) is 43.8 Å². The first kappa shape index (κ1) is 11.1. The third-order valence-corrected chi connectivity index (χ3v) is 3.87. The zero-order valence-corrected chi connectivity index (χ0v) is 10.5. The van der Waals surface area contributed by atoms with E-state index in [1.165, 1.54) is 10.5 Å². The smallest absolute Gasteiger partial charge is 0.122 e. The summed E-state index contributed by atoms with van der Waals surface area (Å²) in [5.74, 6) is 0. The number of hydrogen-bond donors (Lipinski definition) is 1. The second kappa shape index (κ2) is 4.22. The molecule has 0 unspecified atom stereocenters. The Kier molecular flexibility index (Phi) is 2.92. The van der Waals surface area contributed by atoms with Crippen LogP contribution < -0.4 is 5.73 Å². The molecule has 0 bridgehead atoms. The van der Waals surface area contributed by atoms with Crippen molar-refractivity contribution in [1.82, 2.24) is 9.78 Å². The molecule has 4 heteroatoms. The molecule has 0 saturated carbocycles. The van der Waals surface area contributed by atoms with E-state index < -0.39 is 0 Å². The number of aromatic nitrogens is 2. The number of hydrogen-bond acceptors (Lipinski definition) is 3. The molecule has 0 aliphatic carbocycles. The molecule has 0 radical (unpaired) electrons. The van der Waals surface area contributed by atoms with Crippen molar-refractivity contribution in [3.8, 4) is 0 Å². The van der Waals surface area contributed by atoms with Crippen LogP contribution in [0, 0.1) is 13.8 Å².